The van der Waals surface area contributed by atoms with Crippen LogP contribution in [0.3, 0.4) is 0 Å². The van der Waals surface area contributed by atoms with Crippen molar-refractivity contribution < 1.29 is 37.6 Å². The van der Waals surface area contributed by atoms with Crippen molar-refractivity contribution in [1.82, 2.24) is 0 Å². The van der Waals surface area contributed by atoms with Gasteiger partial charge in [0.15, 0.2) is 32.4 Å². The zero-order chi connectivity index (χ0) is 34.4. The van der Waals surface area contributed by atoms with E-state index >= 15 is 0 Å². The van der Waals surface area contributed by atoms with Crippen LogP contribution in [0.15, 0.2) is 36.1 Å². The van der Waals surface area contributed by atoms with Crippen LogP contribution in [0.4, 0.5) is 0 Å². The van der Waals surface area contributed by atoms with E-state index in [0.29, 0.717) is 45.7 Å². The molecule has 3 aliphatic rings. The number of benzene rings is 1. The minimum Gasteiger partial charge on any atom is -0.490 e. The summed E-state index contributed by atoms with van der Waals surface area (Å²) in [4.78, 5) is 12.3. The summed E-state index contributed by atoms with van der Waals surface area (Å²) >= 11 is 0. The van der Waals surface area contributed by atoms with Gasteiger partial charge in [-0.05, 0) is 81.3 Å². The molecule has 2 saturated heterocycles. The fraction of sp³-hybridized carbons (Fsp3) is 0.769. The number of ether oxygens (including phenoxy) is 6. The van der Waals surface area contributed by atoms with Gasteiger partial charge < -0.3 is 37.6 Å². The first-order chi connectivity index (χ1) is 23.1. The SMILES string of the molecule is CCCCCCOc1ccccc1OCC/C=C(/OC1CCCCO1)[C@@H]1[C@H](CC=O)[C@H](O[Si](C)(C)C(C)(C)C)C[C@@H]1OC1CCCCO1. The second-order valence-electron chi connectivity index (χ2n) is 15.2. The molecule has 1 aromatic rings. The maximum absolute atomic E-state index is 12.3. The first kappa shape index (κ1) is 38.9. The zero-order valence-electron chi connectivity index (χ0n) is 30.7. The van der Waals surface area contributed by atoms with Crippen LogP contribution in [0, 0.1) is 11.8 Å². The molecule has 0 N–H and O–H groups in total. The van der Waals surface area contributed by atoms with Crippen LogP contribution in [0.1, 0.15) is 111 Å². The highest BCUT2D eigenvalue weighted by Gasteiger charge is 2.51. The first-order valence-corrected chi connectivity index (χ1v) is 21.7. The fourth-order valence-corrected chi connectivity index (χ4v) is 8.08. The summed E-state index contributed by atoms with van der Waals surface area (Å²) in [5.74, 6) is 2.10. The number of rotatable bonds is 19. The molecule has 2 heterocycles. The van der Waals surface area contributed by atoms with Crippen molar-refractivity contribution in [3.05, 3.63) is 36.1 Å². The maximum atomic E-state index is 12.3. The number of carbonyl (C=O) groups excluding carboxylic acids is 1. The molecule has 1 aromatic carbocycles. The van der Waals surface area contributed by atoms with Gasteiger partial charge in [-0.15, -0.1) is 0 Å². The lowest BCUT2D eigenvalue weighted by Gasteiger charge is -2.40. The zero-order valence-corrected chi connectivity index (χ0v) is 31.7. The van der Waals surface area contributed by atoms with E-state index in [2.05, 4.69) is 46.9 Å². The van der Waals surface area contributed by atoms with Gasteiger partial charge in [0.2, 0.25) is 0 Å². The quantitative estimate of drug-likeness (QED) is 0.0616. The molecule has 3 fully saturated rings. The average molecular weight is 689 g/mol. The molecule has 0 bridgehead atoms. The average Bonchev–Trinajstić information content (AvgIpc) is 3.38. The lowest BCUT2D eigenvalue weighted by atomic mass is 9.88. The summed E-state index contributed by atoms with van der Waals surface area (Å²) < 4.78 is 45.1. The second-order valence-corrected chi connectivity index (χ2v) is 20.0. The molecule has 1 aliphatic carbocycles. The molecule has 0 aromatic heterocycles. The molecule has 1 saturated carbocycles. The molecule has 0 spiro atoms. The monoisotopic (exact) mass is 688 g/mol. The van der Waals surface area contributed by atoms with Crippen molar-refractivity contribution in [3.8, 4) is 11.5 Å². The predicted molar refractivity (Wildman–Crippen MR) is 192 cm³/mol. The highest BCUT2D eigenvalue weighted by atomic mass is 28.4. The lowest BCUT2D eigenvalue weighted by Crippen LogP contribution is -2.45. The highest BCUT2D eigenvalue weighted by Crippen LogP contribution is 2.48. The second kappa shape index (κ2) is 19.5. The molecule has 272 valence electrons. The summed E-state index contributed by atoms with van der Waals surface area (Å²) in [6.45, 7) is 16.1. The van der Waals surface area contributed by atoms with Crippen molar-refractivity contribution in [2.75, 3.05) is 26.4 Å². The van der Waals surface area contributed by atoms with Gasteiger partial charge in [-0.1, -0.05) is 59.1 Å². The predicted octanol–water partition coefficient (Wildman–Crippen LogP) is 9.37. The topological polar surface area (TPSA) is 81.7 Å². The molecule has 8 nitrogen and oxygen atoms in total. The molecule has 48 heavy (non-hydrogen) atoms. The van der Waals surface area contributed by atoms with Gasteiger partial charge >= 0.3 is 0 Å². The van der Waals surface area contributed by atoms with Crippen molar-refractivity contribution in [3.63, 3.8) is 0 Å². The van der Waals surface area contributed by atoms with Crippen LogP contribution in [-0.2, 0) is 28.2 Å². The number of hydrogen-bond acceptors (Lipinski definition) is 8. The van der Waals surface area contributed by atoms with Crippen LogP contribution < -0.4 is 9.47 Å². The Labute approximate surface area is 291 Å². The molecule has 6 atom stereocenters. The number of unbranched alkanes of at least 4 members (excludes halogenated alkanes) is 3. The van der Waals surface area contributed by atoms with E-state index in [0.717, 1.165) is 68.5 Å². The number of carbonyl (C=O) groups is 1. The third-order valence-electron chi connectivity index (χ3n) is 10.4. The smallest absolute Gasteiger partial charge is 0.199 e. The van der Waals surface area contributed by atoms with Crippen molar-refractivity contribution >= 4 is 14.6 Å². The van der Waals surface area contributed by atoms with E-state index in [1.165, 1.54) is 19.3 Å². The summed E-state index contributed by atoms with van der Waals surface area (Å²) in [6.07, 6.45) is 14.5. The van der Waals surface area contributed by atoms with Crippen LogP contribution in [-0.4, -0.2) is 65.8 Å². The van der Waals surface area contributed by atoms with Gasteiger partial charge in [-0.2, -0.15) is 0 Å². The Morgan fingerprint density at radius 1 is 0.896 bits per heavy atom. The van der Waals surface area contributed by atoms with Gasteiger partial charge in [-0.25, -0.2) is 0 Å². The van der Waals surface area contributed by atoms with E-state index < -0.39 is 8.32 Å². The standard InChI is InChI=1S/C39H64O8Si/c1-7-8-9-14-25-41-31-18-10-11-19-32(31)42-28-17-20-33(45-36-21-12-15-26-43-36)38-30(23-24-40)34(47-48(5,6)39(2,3)4)29-35(38)46-37-22-13-16-27-44-37/h10-11,18-20,24,30,34-38H,7-9,12-17,21-23,25-29H2,1-6H3/b33-20+/t30-,34-,35+,36?,37?,38+/m1/s1. The van der Waals surface area contributed by atoms with Crippen LogP contribution in [0.2, 0.25) is 18.1 Å². The fourth-order valence-electron chi connectivity index (χ4n) is 6.69. The minimum absolute atomic E-state index is 0.0393. The van der Waals surface area contributed by atoms with E-state index in [-0.39, 0.29) is 41.7 Å². The number of aldehydes is 1. The maximum Gasteiger partial charge on any atom is 0.199 e. The van der Waals surface area contributed by atoms with E-state index in [4.69, 9.17) is 32.8 Å². The van der Waals surface area contributed by atoms with Gasteiger partial charge in [0.1, 0.15) is 12.0 Å². The molecule has 2 unspecified atom stereocenters. The van der Waals surface area contributed by atoms with Crippen molar-refractivity contribution in [2.24, 2.45) is 11.8 Å². The van der Waals surface area contributed by atoms with Crippen LogP contribution in [0.5, 0.6) is 11.5 Å². The van der Waals surface area contributed by atoms with Crippen molar-refractivity contribution in [2.45, 2.75) is 154 Å². The van der Waals surface area contributed by atoms with E-state index in [1.807, 2.05) is 24.3 Å². The van der Waals surface area contributed by atoms with E-state index in [9.17, 15) is 4.79 Å². The molecule has 4 rings (SSSR count). The van der Waals surface area contributed by atoms with E-state index in [1.54, 1.807) is 0 Å². The Kier molecular flexibility index (Phi) is 15.8. The van der Waals surface area contributed by atoms with Gasteiger partial charge in [0.25, 0.3) is 0 Å². The molecular formula is C39H64O8Si. The summed E-state index contributed by atoms with van der Waals surface area (Å²) in [7, 11) is -2.14. The summed E-state index contributed by atoms with van der Waals surface area (Å²) in [6, 6.07) is 7.90. The summed E-state index contributed by atoms with van der Waals surface area (Å²) in [5.41, 5.74) is 0. The Balaban J connectivity index is 1.56. The molecule has 2 aliphatic heterocycles. The normalized spacial score (nSPS) is 27.1. The summed E-state index contributed by atoms with van der Waals surface area (Å²) in [5, 5.41) is 0.0393. The van der Waals surface area contributed by atoms with Gasteiger partial charge in [-0.3, -0.25) is 0 Å². The molecule has 0 radical (unpaired) electrons. The first-order valence-electron chi connectivity index (χ1n) is 18.8. The Bertz CT molecular complexity index is 1110. The largest absolute Gasteiger partial charge is 0.490 e. The van der Waals surface area contributed by atoms with Crippen LogP contribution in [0.25, 0.3) is 0 Å². The molecule has 0 amide bonds. The van der Waals surface area contributed by atoms with Gasteiger partial charge in [0, 0.05) is 37.7 Å². The number of hydrogen-bond donors (Lipinski definition) is 0. The lowest BCUT2D eigenvalue weighted by molar-refractivity contribution is -0.201. The third kappa shape index (κ3) is 11.6. The van der Waals surface area contributed by atoms with Crippen molar-refractivity contribution in [1.29, 1.82) is 0 Å². The Morgan fingerprint density at radius 2 is 1.56 bits per heavy atom. The minimum atomic E-state index is -2.14. The third-order valence-corrected chi connectivity index (χ3v) is 15.0. The molecule has 9 heteroatoms. The number of para-hydroxylation sites is 2. The van der Waals surface area contributed by atoms with Crippen LogP contribution >= 0.6 is 0 Å². The van der Waals surface area contributed by atoms with Gasteiger partial charge in [0.05, 0.1) is 32.0 Å². The Morgan fingerprint density at radius 3 is 2.17 bits per heavy atom. The molecular weight excluding hydrogens is 625 g/mol. The Hall–Kier alpha value is -1.91. The highest BCUT2D eigenvalue weighted by molar-refractivity contribution is 6.74.